The highest BCUT2D eigenvalue weighted by Crippen LogP contribution is 2.22. The molecule has 2 amide bonds. The van der Waals surface area contributed by atoms with Crippen LogP contribution in [0.25, 0.3) is 0 Å². The first-order chi connectivity index (χ1) is 12.2. The van der Waals surface area contributed by atoms with E-state index in [0.717, 1.165) is 5.69 Å². The highest BCUT2D eigenvalue weighted by molar-refractivity contribution is 6.30. The average molecular weight is 363 g/mol. The summed E-state index contributed by atoms with van der Waals surface area (Å²) >= 11 is 5.87. The molecule has 8 nitrogen and oxygen atoms in total. The molecule has 0 unspecified atom stereocenters. The maximum Gasteiger partial charge on any atom is 0.322 e. The lowest BCUT2D eigenvalue weighted by Gasteiger charge is -2.27. The average Bonchev–Trinajstić information content (AvgIpc) is 2.65. The van der Waals surface area contributed by atoms with E-state index in [1.807, 2.05) is 12.1 Å². The molecule has 0 aliphatic carbocycles. The van der Waals surface area contributed by atoms with Crippen LogP contribution in [-0.2, 0) is 4.74 Å². The minimum Gasteiger partial charge on any atom is -0.378 e. The molecule has 1 saturated heterocycles. The van der Waals surface area contributed by atoms with Crippen molar-refractivity contribution in [3.8, 4) is 0 Å². The number of hydrogen-bond acceptors (Lipinski definition) is 6. The number of ether oxygens (including phenoxy) is 1. The Labute approximate surface area is 150 Å². The molecule has 3 N–H and O–H groups in total. The molecule has 0 atom stereocenters. The molecule has 25 heavy (non-hydrogen) atoms. The third-order valence-electron chi connectivity index (χ3n) is 3.67. The summed E-state index contributed by atoms with van der Waals surface area (Å²) in [6.45, 7) is 2.23. The minimum absolute atomic E-state index is 0.193. The van der Waals surface area contributed by atoms with Crippen LogP contribution in [0.2, 0.25) is 5.02 Å². The Hall–Kier alpha value is -2.58. The van der Waals surface area contributed by atoms with Crippen molar-refractivity contribution in [1.82, 2.24) is 14.9 Å². The Morgan fingerprint density at radius 3 is 2.64 bits per heavy atom. The van der Waals surface area contributed by atoms with Crippen LogP contribution in [0.1, 0.15) is 0 Å². The maximum atomic E-state index is 12.3. The Balaban J connectivity index is 1.70. The number of morpholine rings is 1. The molecule has 1 aliphatic heterocycles. The number of amides is 2. The zero-order chi connectivity index (χ0) is 17.6. The van der Waals surface area contributed by atoms with Crippen molar-refractivity contribution in [2.24, 2.45) is 0 Å². The van der Waals surface area contributed by atoms with Gasteiger partial charge in [0.2, 0.25) is 5.95 Å². The molecular formula is C16H19ClN6O2. The fourth-order valence-corrected chi connectivity index (χ4v) is 2.47. The number of halogens is 1. The number of hydrogen-bond donors (Lipinski definition) is 3. The first-order valence-corrected chi connectivity index (χ1v) is 8.24. The van der Waals surface area contributed by atoms with E-state index in [1.165, 1.54) is 0 Å². The second-order valence-corrected chi connectivity index (χ2v) is 5.80. The molecule has 1 aromatic heterocycles. The van der Waals surface area contributed by atoms with Crippen LogP contribution in [0, 0.1) is 0 Å². The van der Waals surface area contributed by atoms with Gasteiger partial charge in [-0.05, 0) is 24.3 Å². The molecule has 1 aliphatic rings. The highest BCUT2D eigenvalue weighted by Gasteiger charge is 2.18. The molecule has 3 rings (SSSR count). The summed E-state index contributed by atoms with van der Waals surface area (Å²) in [7, 11) is 1.73. The van der Waals surface area contributed by atoms with Crippen LogP contribution >= 0.6 is 11.6 Å². The molecule has 2 aromatic rings. The van der Waals surface area contributed by atoms with Gasteiger partial charge in [0.25, 0.3) is 0 Å². The fraction of sp³-hybridized carbons (Fsp3) is 0.312. The summed E-state index contributed by atoms with van der Waals surface area (Å²) in [6, 6.07) is 7.03. The van der Waals surface area contributed by atoms with Crippen molar-refractivity contribution >= 4 is 40.8 Å². The van der Waals surface area contributed by atoms with Gasteiger partial charge in [-0.25, -0.2) is 9.78 Å². The van der Waals surface area contributed by atoms with Crippen molar-refractivity contribution in [3.63, 3.8) is 0 Å². The molecule has 132 valence electrons. The number of benzene rings is 1. The molecular weight excluding hydrogens is 344 g/mol. The molecule has 0 spiro atoms. The van der Waals surface area contributed by atoms with Crippen LogP contribution in [0.3, 0.4) is 0 Å². The largest absolute Gasteiger partial charge is 0.378 e. The van der Waals surface area contributed by atoms with Crippen molar-refractivity contribution in [2.45, 2.75) is 0 Å². The summed E-state index contributed by atoms with van der Waals surface area (Å²) in [6.07, 6.45) is 1.56. The summed E-state index contributed by atoms with van der Waals surface area (Å²) in [5.74, 6) is 0.934. The standard InChI is InChI=1S/C16H19ClN6O2/c1-18-14-13(21-16(24)23-6-8-25-9-7-23)10-19-15(22-14)20-12-4-2-11(17)3-5-12/h2-5,10H,6-9H2,1H3,(H,21,24)(H2,18,19,20,22). The highest BCUT2D eigenvalue weighted by atomic mass is 35.5. The number of carbonyl (C=O) groups is 1. The van der Waals surface area contributed by atoms with Crippen LogP contribution < -0.4 is 16.0 Å². The first kappa shape index (κ1) is 17.2. The quantitative estimate of drug-likeness (QED) is 0.774. The van der Waals surface area contributed by atoms with E-state index in [1.54, 1.807) is 30.3 Å². The second kappa shape index (κ2) is 8.00. The van der Waals surface area contributed by atoms with E-state index in [9.17, 15) is 4.79 Å². The lowest BCUT2D eigenvalue weighted by molar-refractivity contribution is 0.0564. The van der Waals surface area contributed by atoms with E-state index < -0.39 is 0 Å². The second-order valence-electron chi connectivity index (χ2n) is 5.37. The zero-order valence-corrected chi connectivity index (χ0v) is 14.5. The fourth-order valence-electron chi connectivity index (χ4n) is 2.35. The smallest absolute Gasteiger partial charge is 0.322 e. The maximum absolute atomic E-state index is 12.3. The third-order valence-corrected chi connectivity index (χ3v) is 3.92. The van der Waals surface area contributed by atoms with E-state index in [4.69, 9.17) is 16.3 Å². The van der Waals surface area contributed by atoms with E-state index >= 15 is 0 Å². The SMILES string of the molecule is CNc1nc(Nc2ccc(Cl)cc2)ncc1NC(=O)N1CCOCC1. The summed E-state index contributed by atoms with van der Waals surface area (Å²) < 4.78 is 5.25. The van der Waals surface area contributed by atoms with Gasteiger partial charge in [0.1, 0.15) is 5.69 Å². The van der Waals surface area contributed by atoms with Gasteiger partial charge in [0.05, 0.1) is 19.4 Å². The van der Waals surface area contributed by atoms with Crippen LogP contribution in [0.5, 0.6) is 0 Å². The molecule has 1 aromatic carbocycles. The van der Waals surface area contributed by atoms with E-state index in [0.29, 0.717) is 48.8 Å². The number of nitrogens with one attached hydrogen (secondary N) is 3. The van der Waals surface area contributed by atoms with Gasteiger partial charge in [-0.15, -0.1) is 0 Å². The summed E-state index contributed by atoms with van der Waals surface area (Å²) in [4.78, 5) is 22.6. The van der Waals surface area contributed by atoms with Gasteiger partial charge in [0.15, 0.2) is 5.82 Å². The number of anilines is 4. The van der Waals surface area contributed by atoms with Gasteiger partial charge in [-0.3, -0.25) is 0 Å². The Bertz CT molecular complexity index is 734. The van der Waals surface area contributed by atoms with Crippen molar-refractivity contribution < 1.29 is 9.53 Å². The van der Waals surface area contributed by atoms with Gasteiger partial charge in [-0.2, -0.15) is 4.98 Å². The first-order valence-electron chi connectivity index (χ1n) is 7.87. The number of urea groups is 1. The number of aromatic nitrogens is 2. The molecule has 0 bridgehead atoms. The Morgan fingerprint density at radius 2 is 1.96 bits per heavy atom. The molecule has 1 fully saturated rings. The topological polar surface area (TPSA) is 91.4 Å². The van der Waals surface area contributed by atoms with Crippen molar-refractivity contribution in [3.05, 3.63) is 35.5 Å². The van der Waals surface area contributed by atoms with Crippen molar-refractivity contribution in [2.75, 3.05) is 49.3 Å². The van der Waals surface area contributed by atoms with Gasteiger partial charge < -0.3 is 25.6 Å². The Morgan fingerprint density at radius 1 is 1.24 bits per heavy atom. The normalized spacial score (nSPS) is 14.1. The van der Waals surface area contributed by atoms with Gasteiger partial charge >= 0.3 is 6.03 Å². The predicted molar refractivity (Wildman–Crippen MR) is 97.7 cm³/mol. The predicted octanol–water partition coefficient (Wildman–Crippen LogP) is 2.78. The molecule has 2 heterocycles. The molecule has 0 radical (unpaired) electrons. The van der Waals surface area contributed by atoms with Crippen LogP contribution in [-0.4, -0.2) is 54.2 Å². The lowest BCUT2D eigenvalue weighted by atomic mass is 10.3. The molecule has 9 heteroatoms. The number of carbonyl (C=O) groups excluding carboxylic acids is 1. The third kappa shape index (κ3) is 4.49. The van der Waals surface area contributed by atoms with Crippen molar-refractivity contribution in [1.29, 1.82) is 0 Å². The zero-order valence-electron chi connectivity index (χ0n) is 13.8. The number of rotatable bonds is 4. The lowest BCUT2D eigenvalue weighted by Crippen LogP contribution is -2.43. The summed E-state index contributed by atoms with van der Waals surface area (Å²) in [5.41, 5.74) is 1.33. The molecule has 0 saturated carbocycles. The number of nitrogens with zero attached hydrogens (tertiary/aromatic N) is 3. The minimum atomic E-state index is -0.193. The summed E-state index contributed by atoms with van der Waals surface area (Å²) in [5, 5.41) is 9.54. The van der Waals surface area contributed by atoms with Gasteiger partial charge in [0, 0.05) is 30.8 Å². The monoisotopic (exact) mass is 362 g/mol. The van der Waals surface area contributed by atoms with Crippen LogP contribution in [0.4, 0.5) is 27.9 Å². The van der Waals surface area contributed by atoms with E-state index in [-0.39, 0.29) is 6.03 Å². The van der Waals surface area contributed by atoms with Crippen LogP contribution in [0.15, 0.2) is 30.5 Å². The Kier molecular flexibility index (Phi) is 5.52. The van der Waals surface area contributed by atoms with E-state index in [2.05, 4.69) is 25.9 Å². The van der Waals surface area contributed by atoms with Gasteiger partial charge in [-0.1, -0.05) is 11.6 Å².